The minimum Gasteiger partial charge on any atom is -0.398 e. The van der Waals surface area contributed by atoms with E-state index in [1.165, 1.54) is 11.1 Å². The molecule has 0 aliphatic heterocycles. The smallest absolute Gasteiger partial charge is 0.0701 e. The molecule has 0 atom stereocenters. The van der Waals surface area contributed by atoms with Gasteiger partial charge >= 0.3 is 0 Å². The van der Waals surface area contributed by atoms with Crippen LogP contribution in [0, 0.1) is 6.92 Å². The van der Waals surface area contributed by atoms with E-state index >= 15 is 0 Å². The first-order valence-electron chi connectivity index (χ1n) is 5.54. The van der Waals surface area contributed by atoms with Crippen LogP contribution in [0.3, 0.4) is 0 Å². The summed E-state index contributed by atoms with van der Waals surface area (Å²) >= 11 is 0. The van der Waals surface area contributed by atoms with E-state index in [-0.39, 0.29) is 0 Å². The Morgan fingerprint density at radius 3 is 2.44 bits per heavy atom. The molecule has 0 saturated carbocycles. The van der Waals surface area contributed by atoms with Gasteiger partial charge in [-0.3, -0.25) is 4.99 Å². The number of nitrogens with zero attached hydrogens (tertiary/aromatic N) is 1. The van der Waals surface area contributed by atoms with Crippen LogP contribution < -0.4 is 5.73 Å². The quantitative estimate of drug-likeness (QED) is 0.608. The number of aliphatic imine (C=N–C) groups is 1. The number of allylic oxidation sites excluding steroid dienone is 1. The lowest BCUT2D eigenvalue weighted by Crippen LogP contribution is -1.98. The Kier molecular flexibility index (Phi) is 3.88. The molecule has 1 rings (SSSR count). The van der Waals surface area contributed by atoms with E-state index in [2.05, 4.69) is 31.6 Å². The molecule has 86 valence electrons. The SMILES string of the molecule is C=NC(=C(C)C)c1cc(C)c(CC)cc1N. The molecular weight excluding hydrogens is 196 g/mol. The first kappa shape index (κ1) is 12.5. The van der Waals surface area contributed by atoms with E-state index in [1.807, 2.05) is 19.9 Å². The van der Waals surface area contributed by atoms with Gasteiger partial charge < -0.3 is 5.73 Å². The fourth-order valence-electron chi connectivity index (χ4n) is 1.87. The van der Waals surface area contributed by atoms with Gasteiger partial charge in [0.25, 0.3) is 0 Å². The highest BCUT2D eigenvalue weighted by Gasteiger charge is 2.08. The second-order valence-corrected chi connectivity index (χ2v) is 4.23. The van der Waals surface area contributed by atoms with Crippen LogP contribution in [0.25, 0.3) is 5.70 Å². The average molecular weight is 216 g/mol. The summed E-state index contributed by atoms with van der Waals surface area (Å²) in [5, 5.41) is 0. The third-order valence-electron chi connectivity index (χ3n) is 2.78. The lowest BCUT2D eigenvalue weighted by atomic mass is 9.98. The van der Waals surface area contributed by atoms with Gasteiger partial charge in [-0.15, -0.1) is 0 Å². The molecule has 2 N–H and O–H groups in total. The van der Waals surface area contributed by atoms with Crippen LogP contribution in [0.4, 0.5) is 5.69 Å². The van der Waals surface area contributed by atoms with E-state index in [4.69, 9.17) is 5.73 Å². The van der Waals surface area contributed by atoms with Gasteiger partial charge in [0, 0.05) is 11.3 Å². The lowest BCUT2D eigenvalue weighted by Gasteiger charge is -2.12. The van der Waals surface area contributed by atoms with Gasteiger partial charge in [-0.05, 0) is 57.2 Å². The van der Waals surface area contributed by atoms with Crippen LogP contribution in [0.1, 0.15) is 37.5 Å². The molecule has 0 amide bonds. The number of nitrogens with two attached hydrogens (primary N) is 1. The van der Waals surface area contributed by atoms with Gasteiger partial charge in [0.05, 0.1) is 5.70 Å². The van der Waals surface area contributed by atoms with Crippen molar-refractivity contribution in [2.45, 2.75) is 34.1 Å². The summed E-state index contributed by atoms with van der Waals surface area (Å²) in [5.41, 5.74) is 12.4. The summed E-state index contributed by atoms with van der Waals surface area (Å²) in [7, 11) is 0. The summed E-state index contributed by atoms with van der Waals surface area (Å²) in [6, 6.07) is 4.14. The predicted molar refractivity (Wildman–Crippen MR) is 72.8 cm³/mol. The summed E-state index contributed by atoms with van der Waals surface area (Å²) in [6.07, 6.45) is 1.00. The maximum atomic E-state index is 6.06. The minimum atomic E-state index is 0.783. The van der Waals surface area contributed by atoms with E-state index in [1.54, 1.807) is 0 Å². The van der Waals surface area contributed by atoms with Crippen molar-refractivity contribution in [3.05, 3.63) is 34.4 Å². The fraction of sp³-hybridized carbons (Fsp3) is 0.357. The number of benzene rings is 1. The molecule has 0 spiro atoms. The second kappa shape index (κ2) is 4.97. The van der Waals surface area contributed by atoms with Crippen LogP contribution in [0.2, 0.25) is 0 Å². The van der Waals surface area contributed by atoms with Gasteiger partial charge in [0.1, 0.15) is 0 Å². The van der Waals surface area contributed by atoms with Crippen molar-refractivity contribution in [2.75, 3.05) is 5.73 Å². The van der Waals surface area contributed by atoms with E-state index in [9.17, 15) is 0 Å². The standard InChI is InChI=1S/C14H20N2/c1-6-11-8-13(15)12(7-10(11)4)14(16-5)9(2)3/h7-8H,5-6,15H2,1-4H3. The average Bonchev–Trinajstić information content (AvgIpc) is 2.23. The number of aryl methyl sites for hydroxylation is 2. The maximum Gasteiger partial charge on any atom is 0.0701 e. The largest absolute Gasteiger partial charge is 0.398 e. The monoisotopic (exact) mass is 216 g/mol. The summed E-state index contributed by atoms with van der Waals surface area (Å²) in [5.74, 6) is 0. The predicted octanol–water partition coefficient (Wildman–Crippen LogP) is 3.59. The lowest BCUT2D eigenvalue weighted by molar-refractivity contribution is 1.11. The van der Waals surface area contributed by atoms with Crippen LogP contribution in [-0.2, 0) is 6.42 Å². The Bertz CT molecular complexity index is 438. The third kappa shape index (κ3) is 2.32. The van der Waals surface area contributed by atoms with Gasteiger partial charge in [-0.2, -0.15) is 0 Å². The van der Waals surface area contributed by atoms with Crippen molar-refractivity contribution in [1.29, 1.82) is 0 Å². The fourth-order valence-corrected chi connectivity index (χ4v) is 1.87. The molecule has 0 unspecified atom stereocenters. The first-order valence-corrected chi connectivity index (χ1v) is 5.54. The van der Waals surface area contributed by atoms with Crippen molar-refractivity contribution in [3.8, 4) is 0 Å². The zero-order valence-electron chi connectivity index (χ0n) is 10.6. The van der Waals surface area contributed by atoms with Gasteiger partial charge in [0.15, 0.2) is 0 Å². The van der Waals surface area contributed by atoms with Crippen molar-refractivity contribution in [2.24, 2.45) is 4.99 Å². The van der Waals surface area contributed by atoms with Crippen LogP contribution in [-0.4, -0.2) is 6.72 Å². The molecule has 0 aliphatic carbocycles. The van der Waals surface area contributed by atoms with Gasteiger partial charge in [-0.1, -0.05) is 12.5 Å². The normalized spacial score (nSPS) is 10.0. The molecule has 1 aromatic carbocycles. The number of hydrogen-bond donors (Lipinski definition) is 1. The number of nitrogen functional groups attached to an aromatic ring is 1. The second-order valence-electron chi connectivity index (χ2n) is 4.23. The maximum absolute atomic E-state index is 6.06. The molecule has 0 aromatic heterocycles. The Hall–Kier alpha value is -1.57. The van der Waals surface area contributed by atoms with Crippen molar-refractivity contribution in [3.63, 3.8) is 0 Å². The number of rotatable bonds is 3. The molecule has 0 radical (unpaired) electrons. The zero-order valence-corrected chi connectivity index (χ0v) is 10.6. The van der Waals surface area contributed by atoms with Gasteiger partial charge in [0.2, 0.25) is 0 Å². The molecule has 2 nitrogen and oxygen atoms in total. The van der Waals surface area contributed by atoms with Crippen LogP contribution >= 0.6 is 0 Å². The molecular formula is C14H20N2. The zero-order chi connectivity index (χ0) is 12.3. The van der Waals surface area contributed by atoms with Crippen molar-refractivity contribution >= 4 is 18.1 Å². The highest BCUT2D eigenvalue weighted by molar-refractivity contribution is 5.78. The van der Waals surface area contributed by atoms with E-state index < -0.39 is 0 Å². The highest BCUT2D eigenvalue weighted by Crippen LogP contribution is 2.28. The Labute approximate surface area is 97.9 Å². The number of hydrogen-bond acceptors (Lipinski definition) is 2. The molecule has 0 fully saturated rings. The summed E-state index contributed by atoms with van der Waals surface area (Å²) in [6.45, 7) is 11.9. The third-order valence-corrected chi connectivity index (χ3v) is 2.78. The van der Waals surface area contributed by atoms with E-state index in [0.717, 1.165) is 28.9 Å². The first-order chi connectivity index (χ1) is 7.51. The number of anilines is 1. The Morgan fingerprint density at radius 1 is 1.38 bits per heavy atom. The topological polar surface area (TPSA) is 38.4 Å². The molecule has 1 aromatic rings. The van der Waals surface area contributed by atoms with Crippen LogP contribution in [0.5, 0.6) is 0 Å². The summed E-state index contributed by atoms with van der Waals surface area (Å²) in [4.78, 5) is 4.06. The van der Waals surface area contributed by atoms with Crippen molar-refractivity contribution < 1.29 is 0 Å². The molecule has 16 heavy (non-hydrogen) atoms. The molecule has 0 bridgehead atoms. The summed E-state index contributed by atoms with van der Waals surface area (Å²) < 4.78 is 0. The Morgan fingerprint density at radius 2 is 2.00 bits per heavy atom. The molecule has 2 heteroatoms. The van der Waals surface area contributed by atoms with E-state index in [0.29, 0.717) is 0 Å². The van der Waals surface area contributed by atoms with Crippen molar-refractivity contribution in [1.82, 2.24) is 0 Å². The molecule has 0 heterocycles. The highest BCUT2D eigenvalue weighted by atomic mass is 14.7. The molecule has 0 saturated heterocycles. The van der Waals surface area contributed by atoms with Crippen LogP contribution in [0.15, 0.2) is 22.7 Å². The Balaban J connectivity index is 3.42. The minimum absolute atomic E-state index is 0.783. The van der Waals surface area contributed by atoms with Gasteiger partial charge in [-0.25, -0.2) is 0 Å². The molecule has 0 aliphatic rings.